The first-order valence-corrected chi connectivity index (χ1v) is 14.3. The Morgan fingerprint density at radius 3 is 1.93 bits per heavy atom. The molecular formula is C39H25N3. The van der Waals surface area contributed by atoms with Crippen molar-refractivity contribution in [3.63, 3.8) is 0 Å². The predicted octanol–water partition coefficient (Wildman–Crippen LogP) is 10.3. The molecule has 0 amide bonds. The molecular weight excluding hydrogens is 510 g/mol. The number of benzene rings is 6. The second-order valence-corrected chi connectivity index (χ2v) is 10.9. The molecule has 7 aromatic rings. The van der Waals surface area contributed by atoms with Gasteiger partial charge >= 0.3 is 0 Å². The predicted molar refractivity (Wildman–Crippen MR) is 175 cm³/mol. The van der Waals surface area contributed by atoms with Crippen LogP contribution in [0.1, 0.15) is 0 Å². The monoisotopic (exact) mass is 535 g/mol. The van der Waals surface area contributed by atoms with Crippen molar-refractivity contribution in [3.05, 3.63) is 146 Å². The summed E-state index contributed by atoms with van der Waals surface area (Å²) in [6.07, 6.45) is 0. The zero-order valence-electron chi connectivity index (χ0n) is 22.8. The van der Waals surface area contributed by atoms with Crippen LogP contribution in [0.4, 0.5) is 0 Å². The Morgan fingerprint density at radius 2 is 1.10 bits per heavy atom. The molecule has 1 N–H and O–H groups in total. The van der Waals surface area contributed by atoms with Gasteiger partial charge in [-0.25, -0.2) is 4.98 Å². The lowest BCUT2D eigenvalue weighted by molar-refractivity contribution is 1.18. The number of para-hydroxylation sites is 3. The molecule has 0 bridgehead atoms. The lowest BCUT2D eigenvalue weighted by atomic mass is 9.91. The average molecular weight is 536 g/mol. The van der Waals surface area contributed by atoms with Crippen LogP contribution in [-0.4, -0.2) is 14.5 Å². The molecule has 0 radical (unpaired) electrons. The van der Waals surface area contributed by atoms with Gasteiger partial charge in [0.15, 0.2) is 0 Å². The second kappa shape index (κ2) is 8.92. The van der Waals surface area contributed by atoms with E-state index in [2.05, 4.69) is 155 Å². The highest BCUT2D eigenvalue weighted by molar-refractivity contribution is 6.13. The second-order valence-electron chi connectivity index (χ2n) is 10.9. The normalized spacial score (nSPS) is 11.8. The quantitative estimate of drug-likeness (QED) is 0.240. The third kappa shape index (κ3) is 3.37. The molecule has 0 saturated carbocycles. The van der Waals surface area contributed by atoms with Gasteiger partial charge in [-0.05, 0) is 65.2 Å². The fraction of sp³-hybridized carbons (Fsp3) is 0. The SMILES string of the molecule is c1ccc(-c2c3c4ccccc4nc-3[nH]c3ccc(-c4ccc5c(c4)c4ccccc4n5-c4ccccc4)cc23)cc1. The van der Waals surface area contributed by atoms with E-state index in [1.807, 2.05) is 0 Å². The van der Waals surface area contributed by atoms with Crippen molar-refractivity contribution < 1.29 is 0 Å². The van der Waals surface area contributed by atoms with Crippen molar-refractivity contribution in [2.45, 2.75) is 0 Å². The van der Waals surface area contributed by atoms with E-state index in [1.54, 1.807) is 0 Å². The van der Waals surface area contributed by atoms with Crippen LogP contribution >= 0.6 is 0 Å². The van der Waals surface area contributed by atoms with Crippen LogP contribution in [0.15, 0.2) is 146 Å². The molecule has 0 atom stereocenters. The summed E-state index contributed by atoms with van der Waals surface area (Å²) in [5, 5.41) is 4.87. The van der Waals surface area contributed by atoms with Gasteiger partial charge in [-0.15, -0.1) is 0 Å². The minimum atomic E-state index is 0.922. The highest BCUT2D eigenvalue weighted by Gasteiger charge is 2.21. The molecule has 2 aliphatic heterocycles. The lowest BCUT2D eigenvalue weighted by Gasteiger charge is -2.15. The van der Waals surface area contributed by atoms with Gasteiger partial charge in [0.1, 0.15) is 5.82 Å². The Labute approximate surface area is 242 Å². The zero-order valence-corrected chi connectivity index (χ0v) is 22.8. The van der Waals surface area contributed by atoms with Gasteiger partial charge < -0.3 is 9.55 Å². The third-order valence-corrected chi connectivity index (χ3v) is 8.52. The molecule has 1 aromatic heterocycles. The molecule has 3 heteroatoms. The maximum absolute atomic E-state index is 4.96. The number of H-pyrrole nitrogens is 1. The molecule has 0 spiro atoms. The minimum Gasteiger partial charge on any atom is -0.339 e. The zero-order chi connectivity index (χ0) is 27.6. The van der Waals surface area contributed by atoms with Crippen molar-refractivity contribution in [2.75, 3.05) is 0 Å². The summed E-state index contributed by atoms with van der Waals surface area (Å²) in [6, 6.07) is 52.1. The van der Waals surface area contributed by atoms with Gasteiger partial charge in [-0.3, -0.25) is 0 Å². The van der Waals surface area contributed by atoms with Crippen LogP contribution in [0.25, 0.3) is 82.9 Å². The number of nitrogens with one attached hydrogen (secondary N) is 1. The number of aromatic amines is 1. The Kier molecular flexibility index (Phi) is 4.90. The number of nitrogens with zero attached hydrogens (tertiary/aromatic N) is 2. The highest BCUT2D eigenvalue weighted by Crippen LogP contribution is 2.44. The maximum atomic E-state index is 4.96. The molecule has 3 heterocycles. The minimum absolute atomic E-state index is 0.922. The number of aromatic nitrogens is 3. The first-order chi connectivity index (χ1) is 20.8. The summed E-state index contributed by atoms with van der Waals surface area (Å²) < 4.78 is 2.36. The van der Waals surface area contributed by atoms with Crippen molar-refractivity contribution in [2.24, 2.45) is 0 Å². The lowest BCUT2D eigenvalue weighted by Crippen LogP contribution is -1.94. The van der Waals surface area contributed by atoms with Gasteiger partial charge in [0.25, 0.3) is 0 Å². The van der Waals surface area contributed by atoms with E-state index >= 15 is 0 Å². The molecule has 2 aliphatic rings. The molecule has 0 aliphatic carbocycles. The van der Waals surface area contributed by atoms with E-state index < -0.39 is 0 Å². The standard InChI is InChI=1S/C39H25N3/c1-3-11-25(12-4-1)37-32-24-26(19-21-34(32)41-39-38(37)30-16-7-9-17-33(30)40-39)27-20-22-36-31(23-27)29-15-8-10-18-35(29)42(36)28-13-5-2-6-14-28/h1-24H,(H,40,41). The topological polar surface area (TPSA) is 33.6 Å². The van der Waals surface area contributed by atoms with E-state index in [-0.39, 0.29) is 0 Å². The fourth-order valence-electron chi connectivity index (χ4n) is 6.64. The van der Waals surface area contributed by atoms with Crippen LogP contribution in [0.2, 0.25) is 0 Å². The Hall–Kier alpha value is -5.67. The number of rotatable bonds is 3. The van der Waals surface area contributed by atoms with E-state index in [0.29, 0.717) is 0 Å². The number of fused-ring (bicyclic) bond motifs is 7. The first kappa shape index (κ1) is 23.1. The average Bonchev–Trinajstić information content (AvgIpc) is 3.59. The molecule has 0 saturated heterocycles. The fourth-order valence-corrected chi connectivity index (χ4v) is 6.64. The number of hydrogen-bond acceptors (Lipinski definition) is 1. The van der Waals surface area contributed by atoms with Crippen molar-refractivity contribution in [3.8, 4) is 39.3 Å². The van der Waals surface area contributed by atoms with Crippen molar-refractivity contribution in [1.29, 1.82) is 0 Å². The van der Waals surface area contributed by atoms with Crippen molar-refractivity contribution >= 4 is 43.6 Å². The molecule has 6 aromatic carbocycles. The van der Waals surface area contributed by atoms with Crippen LogP contribution < -0.4 is 0 Å². The largest absolute Gasteiger partial charge is 0.339 e. The van der Waals surface area contributed by atoms with E-state index in [1.165, 1.54) is 66.1 Å². The van der Waals surface area contributed by atoms with Gasteiger partial charge in [-0.2, -0.15) is 0 Å². The Bertz CT molecular complexity index is 2390. The van der Waals surface area contributed by atoms with E-state index in [9.17, 15) is 0 Å². The molecule has 0 fully saturated rings. The number of pyridine rings is 1. The van der Waals surface area contributed by atoms with Gasteiger partial charge in [0, 0.05) is 43.9 Å². The summed E-state index contributed by atoms with van der Waals surface area (Å²) in [5.41, 5.74) is 11.7. The van der Waals surface area contributed by atoms with Crippen LogP contribution in [-0.2, 0) is 0 Å². The molecule has 196 valence electrons. The maximum Gasteiger partial charge on any atom is 0.139 e. The molecule has 3 nitrogen and oxygen atoms in total. The number of hydrogen-bond donors (Lipinski definition) is 1. The molecule has 0 unspecified atom stereocenters. The Balaban J connectivity index is 1.32. The van der Waals surface area contributed by atoms with E-state index in [4.69, 9.17) is 4.98 Å². The molecule has 9 rings (SSSR count). The van der Waals surface area contributed by atoms with Crippen LogP contribution in [0.3, 0.4) is 0 Å². The van der Waals surface area contributed by atoms with Crippen LogP contribution in [0, 0.1) is 0 Å². The highest BCUT2D eigenvalue weighted by atomic mass is 15.0. The third-order valence-electron chi connectivity index (χ3n) is 8.52. The summed E-state index contributed by atoms with van der Waals surface area (Å²) in [7, 11) is 0. The summed E-state index contributed by atoms with van der Waals surface area (Å²) >= 11 is 0. The molecule has 42 heavy (non-hydrogen) atoms. The van der Waals surface area contributed by atoms with Gasteiger partial charge in [-0.1, -0.05) is 97.1 Å². The van der Waals surface area contributed by atoms with Crippen LogP contribution in [0.5, 0.6) is 0 Å². The van der Waals surface area contributed by atoms with Gasteiger partial charge in [0.05, 0.1) is 16.6 Å². The Morgan fingerprint density at radius 1 is 0.452 bits per heavy atom. The summed E-state index contributed by atoms with van der Waals surface area (Å²) in [6.45, 7) is 0. The first-order valence-electron chi connectivity index (χ1n) is 14.3. The van der Waals surface area contributed by atoms with Gasteiger partial charge in [0.2, 0.25) is 0 Å². The smallest absolute Gasteiger partial charge is 0.139 e. The summed E-state index contributed by atoms with van der Waals surface area (Å²) in [5.74, 6) is 0.922. The van der Waals surface area contributed by atoms with Crippen molar-refractivity contribution in [1.82, 2.24) is 14.5 Å². The van der Waals surface area contributed by atoms with E-state index in [0.717, 1.165) is 16.9 Å². The summed E-state index contributed by atoms with van der Waals surface area (Å²) in [4.78, 5) is 8.61.